The highest BCUT2D eigenvalue weighted by Gasteiger charge is 2.09. The van der Waals surface area contributed by atoms with Gasteiger partial charge in [0.15, 0.2) is 0 Å². The van der Waals surface area contributed by atoms with Crippen LogP contribution in [0.4, 0.5) is 0 Å². The monoisotopic (exact) mass is 309 g/mol. The summed E-state index contributed by atoms with van der Waals surface area (Å²) in [4.78, 5) is 11.1. The van der Waals surface area contributed by atoms with Gasteiger partial charge in [-0.1, -0.05) is 30.3 Å². The first-order valence-electron chi connectivity index (χ1n) is 7.66. The Kier molecular flexibility index (Phi) is 4.44. The van der Waals surface area contributed by atoms with Gasteiger partial charge in [-0.15, -0.1) is 0 Å². The number of hydroxylamine groups is 2. The molecule has 2 aromatic rings. The molecule has 0 aromatic heterocycles. The fourth-order valence-electron chi connectivity index (χ4n) is 2.57. The molecule has 0 fully saturated rings. The van der Waals surface area contributed by atoms with Gasteiger partial charge in [0.2, 0.25) is 5.91 Å². The molecule has 0 heterocycles. The van der Waals surface area contributed by atoms with Gasteiger partial charge in [-0.2, -0.15) is 0 Å². The van der Waals surface area contributed by atoms with Crippen LogP contribution in [0.25, 0.3) is 10.8 Å². The van der Waals surface area contributed by atoms with Gasteiger partial charge in [0.1, 0.15) is 11.5 Å². The van der Waals surface area contributed by atoms with Crippen LogP contribution in [0.1, 0.15) is 25.3 Å². The Hall–Kier alpha value is -2.59. The second-order valence-corrected chi connectivity index (χ2v) is 5.58. The molecule has 0 radical (unpaired) electrons. The largest absolute Gasteiger partial charge is 0.457 e. The first-order chi connectivity index (χ1) is 11.1. The maximum atomic E-state index is 11.1. The first-order valence-corrected chi connectivity index (χ1v) is 7.66. The molecule has 0 bridgehead atoms. The number of hydrogen-bond acceptors (Lipinski definition) is 3. The van der Waals surface area contributed by atoms with Crippen LogP contribution in [0.3, 0.4) is 0 Å². The van der Waals surface area contributed by atoms with Crippen LogP contribution < -0.4 is 4.74 Å². The zero-order valence-corrected chi connectivity index (χ0v) is 13.0. The Morgan fingerprint density at radius 2 is 2.13 bits per heavy atom. The molecule has 0 spiro atoms. The third-order valence-corrected chi connectivity index (χ3v) is 3.79. The maximum Gasteiger partial charge on any atom is 0.243 e. The van der Waals surface area contributed by atoms with E-state index in [2.05, 4.69) is 12.2 Å². The summed E-state index contributed by atoms with van der Waals surface area (Å²) in [6.45, 7) is 1.50. The van der Waals surface area contributed by atoms with Crippen molar-refractivity contribution in [2.45, 2.75) is 26.3 Å². The molecule has 0 saturated carbocycles. The highest BCUT2D eigenvalue weighted by molar-refractivity contribution is 5.89. The van der Waals surface area contributed by atoms with E-state index in [9.17, 15) is 10.0 Å². The first kappa shape index (κ1) is 15.3. The van der Waals surface area contributed by atoms with Crippen LogP contribution in [-0.4, -0.2) is 16.2 Å². The van der Waals surface area contributed by atoms with Crippen molar-refractivity contribution in [1.29, 1.82) is 0 Å². The van der Waals surface area contributed by atoms with Gasteiger partial charge in [0.25, 0.3) is 0 Å². The van der Waals surface area contributed by atoms with Crippen molar-refractivity contribution in [3.8, 4) is 5.75 Å². The number of rotatable bonds is 4. The fourth-order valence-corrected chi connectivity index (χ4v) is 2.57. The molecule has 1 N–H and O–H groups in total. The molecule has 0 saturated heterocycles. The van der Waals surface area contributed by atoms with Gasteiger partial charge in [-0.25, -0.2) is 5.06 Å². The number of fused-ring (bicyclic) bond motifs is 1. The maximum absolute atomic E-state index is 11.1. The van der Waals surface area contributed by atoms with Crippen molar-refractivity contribution in [1.82, 2.24) is 5.06 Å². The summed E-state index contributed by atoms with van der Waals surface area (Å²) < 4.78 is 5.99. The second kappa shape index (κ2) is 6.67. The summed E-state index contributed by atoms with van der Waals surface area (Å²) in [5, 5.41) is 12.3. The quantitative estimate of drug-likeness (QED) is 0.680. The van der Waals surface area contributed by atoms with Crippen LogP contribution in [0.2, 0.25) is 0 Å². The van der Waals surface area contributed by atoms with Gasteiger partial charge < -0.3 is 4.74 Å². The molecule has 0 unspecified atom stereocenters. The molecular formula is C19H19NO3. The SMILES string of the molecule is CC(=O)N(O)Cc1ccc2c(OC3=CCCC=C3)cccc2c1. The smallest absolute Gasteiger partial charge is 0.243 e. The zero-order valence-electron chi connectivity index (χ0n) is 13.0. The highest BCUT2D eigenvalue weighted by Crippen LogP contribution is 2.29. The topological polar surface area (TPSA) is 49.8 Å². The third kappa shape index (κ3) is 3.60. The standard InChI is InChI=1S/C19H19NO3/c1-14(21)20(22)13-15-10-11-18-16(12-15)6-5-9-19(18)23-17-7-3-2-4-8-17/h3,5-12,22H,2,4,13H2,1H3. The van der Waals surface area contributed by atoms with Gasteiger partial charge in [0, 0.05) is 12.3 Å². The van der Waals surface area contributed by atoms with E-state index >= 15 is 0 Å². The number of allylic oxidation sites excluding steroid dienone is 3. The van der Waals surface area contributed by atoms with Crippen molar-refractivity contribution >= 4 is 16.7 Å². The number of amides is 1. The summed E-state index contributed by atoms with van der Waals surface area (Å²) in [7, 11) is 0. The lowest BCUT2D eigenvalue weighted by Crippen LogP contribution is -2.23. The van der Waals surface area contributed by atoms with Gasteiger partial charge in [-0.3, -0.25) is 10.0 Å². The molecular weight excluding hydrogens is 290 g/mol. The number of hydrogen-bond donors (Lipinski definition) is 1. The molecule has 0 atom stereocenters. The predicted molar refractivity (Wildman–Crippen MR) is 89.0 cm³/mol. The third-order valence-electron chi connectivity index (χ3n) is 3.79. The molecule has 1 aliphatic rings. The minimum atomic E-state index is -0.377. The summed E-state index contributed by atoms with van der Waals surface area (Å²) in [6, 6.07) is 11.7. The molecule has 3 rings (SSSR count). The van der Waals surface area contributed by atoms with Crippen LogP contribution in [0.5, 0.6) is 5.75 Å². The van der Waals surface area contributed by atoms with E-state index in [1.807, 2.05) is 42.5 Å². The van der Waals surface area contributed by atoms with E-state index in [1.54, 1.807) is 0 Å². The van der Waals surface area contributed by atoms with Gasteiger partial charge >= 0.3 is 0 Å². The molecule has 1 amide bonds. The second-order valence-electron chi connectivity index (χ2n) is 5.58. The lowest BCUT2D eigenvalue weighted by atomic mass is 10.1. The van der Waals surface area contributed by atoms with E-state index in [-0.39, 0.29) is 12.5 Å². The van der Waals surface area contributed by atoms with Crippen LogP contribution >= 0.6 is 0 Å². The summed E-state index contributed by atoms with van der Waals surface area (Å²) in [5.74, 6) is 1.29. The van der Waals surface area contributed by atoms with E-state index in [0.717, 1.165) is 40.7 Å². The Morgan fingerprint density at radius 3 is 2.87 bits per heavy atom. The van der Waals surface area contributed by atoms with Crippen molar-refractivity contribution < 1.29 is 14.7 Å². The van der Waals surface area contributed by atoms with Crippen molar-refractivity contribution in [2.75, 3.05) is 0 Å². The summed E-state index contributed by atoms with van der Waals surface area (Å²) in [5.41, 5.74) is 0.865. The Balaban J connectivity index is 1.88. The number of carbonyl (C=O) groups is 1. The molecule has 0 aliphatic heterocycles. The van der Waals surface area contributed by atoms with Gasteiger partial charge in [-0.05, 0) is 48.1 Å². The molecule has 2 aromatic carbocycles. The van der Waals surface area contributed by atoms with Crippen molar-refractivity contribution in [2.24, 2.45) is 0 Å². The van der Waals surface area contributed by atoms with Crippen molar-refractivity contribution in [3.05, 3.63) is 65.9 Å². The van der Waals surface area contributed by atoms with E-state index in [0.29, 0.717) is 5.06 Å². The Labute approximate surface area is 135 Å². The molecule has 4 heteroatoms. The minimum absolute atomic E-state index is 0.171. The van der Waals surface area contributed by atoms with Crippen LogP contribution in [-0.2, 0) is 11.3 Å². The zero-order chi connectivity index (χ0) is 16.2. The van der Waals surface area contributed by atoms with E-state index in [1.165, 1.54) is 6.92 Å². The number of benzene rings is 2. The molecule has 23 heavy (non-hydrogen) atoms. The Bertz CT molecular complexity index is 792. The average Bonchev–Trinajstić information content (AvgIpc) is 2.56. The average molecular weight is 309 g/mol. The number of ether oxygens (including phenoxy) is 1. The number of nitrogens with zero attached hydrogens (tertiary/aromatic N) is 1. The fraction of sp³-hybridized carbons (Fsp3) is 0.211. The normalized spacial score (nSPS) is 13.7. The van der Waals surface area contributed by atoms with Gasteiger partial charge in [0.05, 0.1) is 6.54 Å². The van der Waals surface area contributed by atoms with E-state index in [4.69, 9.17) is 4.74 Å². The number of carbonyl (C=O) groups excluding carboxylic acids is 1. The Morgan fingerprint density at radius 1 is 1.26 bits per heavy atom. The minimum Gasteiger partial charge on any atom is -0.457 e. The van der Waals surface area contributed by atoms with E-state index < -0.39 is 0 Å². The lowest BCUT2D eigenvalue weighted by Gasteiger charge is -2.14. The summed E-state index contributed by atoms with van der Waals surface area (Å²) in [6.07, 6.45) is 8.24. The lowest BCUT2D eigenvalue weighted by molar-refractivity contribution is -0.165. The molecule has 118 valence electrons. The van der Waals surface area contributed by atoms with Crippen LogP contribution in [0.15, 0.2) is 60.4 Å². The molecule has 1 aliphatic carbocycles. The highest BCUT2D eigenvalue weighted by atomic mass is 16.5. The molecule has 4 nitrogen and oxygen atoms in total. The summed E-state index contributed by atoms with van der Waals surface area (Å²) >= 11 is 0. The van der Waals surface area contributed by atoms with Crippen molar-refractivity contribution in [3.63, 3.8) is 0 Å². The predicted octanol–water partition coefficient (Wildman–Crippen LogP) is 4.19. The van der Waals surface area contributed by atoms with Crippen LogP contribution in [0, 0.1) is 0 Å².